The van der Waals surface area contributed by atoms with E-state index in [0.29, 0.717) is 0 Å². The summed E-state index contributed by atoms with van der Waals surface area (Å²) in [5.41, 5.74) is 24.6. The Balaban J connectivity index is 0.970. The van der Waals surface area contributed by atoms with E-state index < -0.39 is 0 Å². The van der Waals surface area contributed by atoms with Gasteiger partial charge in [0.15, 0.2) is 0 Å². The molecular formula is C66H50N4. The zero-order valence-corrected chi connectivity index (χ0v) is 40.3. The molecule has 14 rings (SSSR count). The van der Waals surface area contributed by atoms with Gasteiger partial charge in [0.05, 0.1) is 49.8 Å². The maximum atomic E-state index is 2.49. The van der Waals surface area contributed by atoms with Crippen molar-refractivity contribution >= 4 is 87.2 Å². The van der Waals surface area contributed by atoms with Gasteiger partial charge in [0.25, 0.3) is 0 Å². The lowest BCUT2D eigenvalue weighted by Crippen LogP contribution is -2.00. The number of hydrogen-bond acceptors (Lipinski definition) is 0. The molecule has 0 N–H and O–H groups in total. The summed E-state index contributed by atoms with van der Waals surface area (Å²) in [6.45, 7) is 13.3. The van der Waals surface area contributed by atoms with Crippen molar-refractivity contribution in [1.29, 1.82) is 0 Å². The van der Waals surface area contributed by atoms with Crippen molar-refractivity contribution in [3.8, 4) is 33.9 Å². The van der Waals surface area contributed by atoms with Crippen LogP contribution in [0.15, 0.2) is 194 Å². The molecule has 0 fully saturated rings. The van der Waals surface area contributed by atoms with Crippen molar-refractivity contribution in [2.24, 2.45) is 0 Å². The third kappa shape index (κ3) is 5.77. The van der Waals surface area contributed by atoms with Crippen LogP contribution in [0, 0.1) is 41.5 Å². The highest BCUT2D eigenvalue weighted by Gasteiger charge is 2.22. The fraction of sp³-hybridized carbons (Fsp3) is 0.0909. The molecule has 4 aromatic heterocycles. The first kappa shape index (κ1) is 40.5. The van der Waals surface area contributed by atoms with E-state index in [1.54, 1.807) is 0 Å². The highest BCUT2D eigenvalue weighted by atomic mass is 15.0. The molecule has 0 spiro atoms. The molecule has 0 aliphatic heterocycles. The van der Waals surface area contributed by atoms with Crippen molar-refractivity contribution < 1.29 is 0 Å². The molecule has 0 saturated carbocycles. The lowest BCUT2D eigenvalue weighted by atomic mass is 10.0. The Morgan fingerprint density at radius 2 is 0.600 bits per heavy atom. The maximum Gasteiger partial charge on any atom is 0.0542 e. The fourth-order valence-corrected chi connectivity index (χ4v) is 12.3. The van der Waals surface area contributed by atoms with Crippen molar-refractivity contribution in [3.63, 3.8) is 0 Å². The third-order valence-electron chi connectivity index (χ3n) is 15.4. The van der Waals surface area contributed by atoms with E-state index in [9.17, 15) is 0 Å². The van der Waals surface area contributed by atoms with Gasteiger partial charge in [-0.1, -0.05) is 109 Å². The van der Waals surface area contributed by atoms with Crippen LogP contribution in [0.4, 0.5) is 0 Å². The molecule has 0 radical (unpaired) electrons. The van der Waals surface area contributed by atoms with Gasteiger partial charge in [-0.2, -0.15) is 0 Å². The first-order valence-corrected chi connectivity index (χ1v) is 24.5. The largest absolute Gasteiger partial charge is 0.309 e. The number of hydrogen-bond donors (Lipinski definition) is 0. The smallest absolute Gasteiger partial charge is 0.0542 e. The van der Waals surface area contributed by atoms with E-state index >= 15 is 0 Å². The Morgan fingerprint density at radius 3 is 1.09 bits per heavy atom. The van der Waals surface area contributed by atoms with Crippen LogP contribution < -0.4 is 0 Å². The lowest BCUT2D eigenvalue weighted by Gasteiger charge is -2.15. The van der Waals surface area contributed by atoms with Gasteiger partial charge in [-0.3, -0.25) is 0 Å². The minimum absolute atomic E-state index is 1.14. The molecule has 14 aromatic rings. The van der Waals surface area contributed by atoms with Crippen LogP contribution in [0.25, 0.3) is 121 Å². The molecule has 0 aliphatic carbocycles. The average molecular weight is 899 g/mol. The van der Waals surface area contributed by atoms with E-state index in [4.69, 9.17) is 0 Å². The van der Waals surface area contributed by atoms with Crippen molar-refractivity contribution in [2.45, 2.75) is 41.5 Å². The van der Waals surface area contributed by atoms with E-state index in [2.05, 4.69) is 254 Å². The van der Waals surface area contributed by atoms with Gasteiger partial charge in [-0.15, -0.1) is 0 Å². The summed E-state index contributed by atoms with van der Waals surface area (Å²) in [4.78, 5) is 0. The van der Waals surface area contributed by atoms with E-state index in [-0.39, 0.29) is 0 Å². The lowest BCUT2D eigenvalue weighted by molar-refractivity contribution is 1.11. The van der Waals surface area contributed by atoms with Gasteiger partial charge in [0.1, 0.15) is 0 Å². The van der Waals surface area contributed by atoms with Gasteiger partial charge >= 0.3 is 0 Å². The van der Waals surface area contributed by atoms with Gasteiger partial charge in [-0.05, 0) is 171 Å². The van der Waals surface area contributed by atoms with Gasteiger partial charge in [0, 0.05) is 60.2 Å². The molecule has 70 heavy (non-hydrogen) atoms. The number of para-hydroxylation sites is 4. The number of nitrogens with zero attached hydrogens (tertiary/aromatic N) is 4. The van der Waals surface area contributed by atoms with Crippen LogP contribution in [0.3, 0.4) is 0 Å². The molecule has 0 bridgehead atoms. The summed E-state index contributed by atoms with van der Waals surface area (Å²) in [6, 6.07) is 72.9. The molecule has 0 aliphatic rings. The van der Waals surface area contributed by atoms with E-state index in [0.717, 1.165) is 11.4 Å². The van der Waals surface area contributed by atoms with Crippen LogP contribution in [-0.4, -0.2) is 18.3 Å². The Morgan fingerprint density at radius 1 is 0.243 bits per heavy atom. The molecule has 0 saturated heterocycles. The SMILES string of the molecule is Cc1cc(C)c(-n2c3ccccc3c3cc(-c4ccc5c(c4)c4ccccc4n5-c4ccc5c(c4)c4cc(-n6c7ccccc7c7ccccc76)ccc4n5-c4cc(C)c(C)cc4C)ccc32)c(C)c1. The maximum absolute atomic E-state index is 2.49. The number of aromatic nitrogens is 4. The summed E-state index contributed by atoms with van der Waals surface area (Å²) in [5.74, 6) is 0. The predicted octanol–water partition coefficient (Wildman–Crippen LogP) is 17.6. The van der Waals surface area contributed by atoms with Crippen LogP contribution in [0.1, 0.15) is 33.4 Å². The number of fused-ring (bicyclic) bond motifs is 12. The predicted molar refractivity (Wildman–Crippen MR) is 298 cm³/mol. The van der Waals surface area contributed by atoms with Crippen LogP contribution in [0.2, 0.25) is 0 Å². The summed E-state index contributed by atoms with van der Waals surface area (Å²) in [5, 5.41) is 9.98. The second-order valence-corrected chi connectivity index (χ2v) is 19.7. The third-order valence-corrected chi connectivity index (χ3v) is 15.4. The van der Waals surface area contributed by atoms with Crippen molar-refractivity contribution in [2.75, 3.05) is 0 Å². The minimum atomic E-state index is 1.14. The second kappa shape index (κ2) is 14.9. The van der Waals surface area contributed by atoms with Crippen LogP contribution >= 0.6 is 0 Å². The number of aryl methyl sites for hydroxylation is 6. The highest BCUT2D eigenvalue weighted by molar-refractivity contribution is 6.15. The summed E-state index contributed by atoms with van der Waals surface area (Å²) < 4.78 is 9.86. The molecule has 10 aromatic carbocycles. The summed E-state index contributed by atoms with van der Waals surface area (Å²) >= 11 is 0. The van der Waals surface area contributed by atoms with E-state index in [1.165, 1.54) is 143 Å². The molecule has 0 amide bonds. The standard InChI is InChI=1S/C66H50N4/c1-39-31-43(5)66(44(6)32-39)70-60-22-14-10-18-52(60)54-36-46(24-28-64(54)70)45-23-27-61-53(35-45)51-17-9-13-21-59(51)68(61)48-26-30-63-56(38-48)55-37-47(25-29-62(55)69(63)65-34-41(3)40(2)33-42(65)4)67-57-19-11-7-15-49(57)50-16-8-12-20-58(50)67/h7-38H,1-6H3. The molecule has 4 heteroatoms. The van der Waals surface area contributed by atoms with Crippen molar-refractivity contribution in [1.82, 2.24) is 18.3 Å². The highest BCUT2D eigenvalue weighted by Crippen LogP contribution is 2.42. The number of rotatable bonds is 5. The minimum Gasteiger partial charge on any atom is -0.309 e. The second-order valence-electron chi connectivity index (χ2n) is 19.7. The Kier molecular flexibility index (Phi) is 8.64. The topological polar surface area (TPSA) is 19.7 Å². The first-order chi connectivity index (χ1) is 34.2. The normalized spacial score (nSPS) is 12.1. The quantitative estimate of drug-likeness (QED) is 0.164. The molecule has 0 unspecified atom stereocenters. The van der Waals surface area contributed by atoms with Crippen LogP contribution in [-0.2, 0) is 0 Å². The molecule has 4 heterocycles. The average Bonchev–Trinajstić information content (AvgIpc) is 4.09. The van der Waals surface area contributed by atoms with Crippen LogP contribution in [0.5, 0.6) is 0 Å². The van der Waals surface area contributed by atoms with Gasteiger partial charge in [0.2, 0.25) is 0 Å². The Labute approximate surface area is 406 Å². The Hall–Kier alpha value is -8.60. The van der Waals surface area contributed by atoms with E-state index in [1.807, 2.05) is 0 Å². The molecular weight excluding hydrogens is 849 g/mol. The van der Waals surface area contributed by atoms with Gasteiger partial charge < -0.3 is 18.3 Å². The molecule has 4 nitrogen and oxygen atoms in total. The first-order valence-electron chi connectivity index (χ1n) is 24.5. The molecule has 334 valence electrons. The summed E-state index contributed by atoms with van der Waals surface area (Å²) in [7, 11) is 0. The van der Waals surface area contributed by atoms with Gasteiger partial charge in [-0.25, -0.2) is 0 Å². The summed E-state index contributed by atoms with van der Waals surface area (Å²) in [6.07, 6.45) is 0. The molecule has 0 atom stereocenters. The zero-order valence-electron chi connectivity index (χ0n) is 40.3. The fourth-order valence-electron chi connectivity index (χ4n) is 12.3. The Bertz CT molecular complexity index is 4470. The number of benzene rings is 10. The monoisotopic (exact) mass is 898 g/mol. The zero-order chi connectivity index (χ0) is 47.1. The van der Waals surface area contributed by atoms with Crippen molar-refractivity contribution in [3.05, 3.63) is 228 Å².